The van der Waals surface area contributed by atoms with Crippen LogP contribution < -0.4 is 5.32 Å². The largest absolute Gasteiger partial charge is 0.481 e. The molecule has 9 nitrogen and oxygen atoms in total. The molecule has 1 aliphatic carbocycles. The lowest BCUT2D eigenvalue weighted by molar-refractivity contribution is -0.139. The number of hydrogen-bond donors (Lipinski definition) is 2. The SMILES string of the molecule is Cc1cccc(C(CC(=O)O)NC(=O)C2N(C(=O)OC3CC(C)CCC3C(C)C)CCCN2C(=O)c2ccc(F)cc2)c1. The van der Waals surface area contributed by atoms with Crippen molar-refractivity contribution in [1.29, 1.82) is 0 Å². The van der Waals surface area contributed by atoms with Gasteiger partial charge in [-0.25, -0.2) is 9.18 Å². The first-order chi connectivity index (χ1) is 20.4. The number of benzene rings is 2. The van der Waals surface area contributed by atoms with Crippen molar-refractivity contribution >= 4 is 23.9 Å². The molecule has 232 valence electrons. The first-order valence-corrected chi connectivity index (χ1v) is 15.1. The number of ether oxygens (including phenoxy) is 1. The van der Waals surface area contributed by atoms with Crippen LogP contribution in [-0.2, 0) is 14.3 Å². The Morgan fingerprint density at radius 1 is 1.05 bits per heavy atom. The summed E-state index contributed by atoms with van der Waals surface area (Å²) in [5, 5.41) is 12.4. The lowest BCUT2D eigenvalue weighted by Crippen LogP contribution is -2.64. The highest BCUT2D eigenvalue weighted by Crippen LogP contribution is 2.36. The molecule has 0 spiro atoms. The van der Waals surface area contributed by atoms with Crippen LogP contribution in [0, 0.1) is 30.5 Å². The maximum absolute atomic E-state index is 14.1. The fourth-order valence-corrected chi connectivity index (χ4v) is 6.28. The molecule has 1 saturated heterocycles. The zero-order chi connectivity index (χ0) is 31.3. The van der Waals surface area contributed by atoms with Crippen LogP contribution in [0.4, 0.5) is 9.18 Å². The summed E-state index contributed by atoms with van der Waals surface area (Å²) in [6.07, 6.45) is 0.302. The molecule has 1 aliphatic heterocycles. The third-order valence-corrected chi connectivity index (χ3v) is 8.56. The molecule has 43 heavy (non-hydrogen) atoms. The van der Waals surface area contributed by atoms with Crippen LogP contribution in [0.15, 0.2) is 48.5 Å². The van der Waals surface area contributed by atoms with Gasteiger partial charge in [-0.05, 0) is 73.8 Å². The number of amides is 3. The molecular weight excluding hydrogens is 553 g/mol. The highest BCUT2D eigenvalue weighted by molar-refractivity contribution is 5.98. The molecule has 1 heterocycles. The number of carbonyl (C=O) groups is 4. The highest BCUT2D eigenvalue weighted by atomic mass is 19.1. The fourth-order valence-electron chi connectivity index (χ4n) is 6.28. The van der Waals surface area contributed by atoms with Crippen LogP contribution >= 0.6 is 0 Å². The number of rotatable bonds is 8. The van der Waals surface area contributed by atoms with E-state index in [-0.39, 0.29) is 30.7 Å². The van der Waals surface area contributed by atoms with Crippen molar-refractivity contribution in [3.63, 3.8) is 0 Å². The summed E-state index contributed by atoms with van der Waals surface area (Å²) in [5.41, 5.74) is 1.64. The second-order valence-corrected chi connectivity index (χ2v) is 12.2. The molecule has 5 unspecified atom stereocenters. The van der Waals surface area contributed by atoms with Gasteiger partial charge in [0.2, 0.25) is 0 Å². The van der Waals surface area contributed by atoms with Gasteiger partial charge in [0.15, 0.2) is 6.17 Å². The van der Waals surface area contributed by atoms with E-state index in [9.17, 15) is 28.7 Å². The van der Waals surface area contributed by atoms with Crippen LogP contribution in [0.3, 0.4) is 0 Å². The lowest BCUT2D eigenvalue weighted by Gasteiger charge is -2.44. The zero-order valence-electron chi connectivity index (χ0n) is 25.3. The highest BCUT2D eigenvalue weighted by Gasteiger charge is 2.44. The Morgan fingerprint density at radius 3 is 2.40 bits per heavy atom. The van der Waals surface area contributed by atoms with E-state index in [2.05, 4.69) is 26.1 Å². The van der Waals surface area contributed by atoms with Crippen molar-refractivity contribution in [1.82, 2.24) is 15.1 Å². The Bertz CT molecular complexity index is 1320. The minimum Gasteiger partial charge on any atom is -0.481 e. The Morgan fingerprint density at radius 2 is 1.74 bits per heavy atom. The van der Waals surface area contributed by atoms with E-state index in [1.165, 1.54) is 21.9 Å². The van der Waals surface area contributed by atoms with Crippen molar-refractivity contribution in [3.05, 3.63) is 71.0 Å². The minimum absolute atomic E-state index is 0.163. The number of carbonyl (C=O) groups excluding carboxylic acids is 3. The van der Waals surface area contributed by atoms with Crippen LogP contribution in [0.25, 0.3) is 0 Å². The van der Waals surface area contributed by atoms with E-state index in [4.69, 9.17) is 4.74 Å². The molecule has 2 aromatic carbocycles. The molecule has 1 saturated carbocycles. The topological polar surface area (TPSA) is 116 Å². The maximum atomic E-state index is 14.1. The van der Waals surface area contributed by atoms with Gasteiger partial charge in [-0.3, -0.25) is 19.3 Å². The molecule has 2 N–H and O–H groups in total. The van der Waals surface area contributed by atoms with E-state index in [1.807, 2.05) is 13.0 Å². The Labute approximate surface area is 252 Å². The third kappa shape index (κ3) is 7.91. The van der Waals surface area contributed by atoms with Gasteiger partial charge in [-0.1, -0.05) is 57.0 Å². The number of nitrogens with one attached hydrogen (secondary N) is 1. The first-order valence-electron chi connectivity index (χ1n) is 15.1. The van der Waals surface area contributed by atoms with Crippen LogP contribution in [0.2, 0.25) is 0 Å². The number of halogens is 1. The molecule has 0 aromatic heterocycles. The second kappa shape index (κ2) is 14.0. The normalized spacial score (nSPS) is 23.0. The molecule has 3 amide bonds. The summed E-state index contributed by atoms with van der Waals surface area (Å²) in [6.45, 7) is 8.55. The molecule has 2 fully saturated rings. The number of nitrogens with zero attached hydrogens (tertiary/aromatic N) is 2. The number of hydrogen-bond acceptors (Lipinski definition) is 5. The Hall–Kier alpha value is -3.95. The van der Waals surface area contributed by atoms with Crippen molar-refractivity contribution in [2.24, 2.45) is 17.8 Å². The van der Waals surface area contributed by atoms with Gasteiger partial charge in [-0.2, -0.15) is 0 Å². The summed E-state index contributed by atoms with van der Waals surface area (Å²) in [5.74, 6) is -2.01. The average Bonchev–Trinajstić information content (AvgIpc) is 2.96. The van der Waals surface area contributed by atoms with Crippen LogP contribution in [-0.4, -0.2) is 64.1 Å². The van der Waals surface area contributed by atoms with E-state index < -0.39 is 48.3 Å². The van der Waals surface area contributed by atoms with E-state index >= 15 is 0 Å². The summed E-state index contributed by atoms with van der Waals surface area (Å²) in [4.78, 5) is 55.9. The van der Waals surface area contributed by atoms with Gasteiger partial charge in [0.25, 0.3) is 11.8 Å². The molecule has 0 radical (unpaired) electrons. The van der Waals surface area contributed by atoms with E-state index in [1.54, 1.807) is 18.2 Å². The maximum Gasteiger partial charge on any atom is 0.412 e. The van der Waals surface area contributed by atoms with Crippen molar-refractivity contribution in [2.45, 2.75) is 78.1 Å². The number of aryl methyl sites for hydroxylation is 1. The van der Waals surface area contributed by atoms with Gasteiger partial charge in [-0.15, -0.1) is 0 Å². The van der Waals surface area contributed by atoms with Gasteiger partial charge >= 0.3 is 12.1 Å². The van der Waals surface area contributed by atoms with Crippen molar-refractivity contribution in [3.8, 4) is 0 Å². The predicted octanol–water partition coefficient (Wildman–Crippen LogP) is 5.54. The van der Waals surface area contributed by atoms with E-state index in [0.717, 1.165) is 30.5 Å². The number of carboxylic acid groups (broad SMARTS) is 1. The van der Waals surface area contributed by atoms with Gasteiger partial charge in [0, 0.05) is 18.7 Å². The van der Waals surface area contributed by atoms with E-state index in [0.29, 0.717) is 30.2 Å². The third-order valence-electron chi connectivity index (χ3n) is 8.56. The molecule has 2 aromatic rings. The molecule has 2 aliphatic rings. The second-order valence-electron chi connectivity index (χ2n) is 12.2. The summed E-state index contributed by atoms with van der Waals surface area (Å²) in [6, 6.07) is 11.2. The lowest BCUT2D eigenvalue weighted by atomic mass is 9.75. The smallest absolute Gasteiger partial charge is 0.412 e. The van der Waals surface area contributed by atoms with Gasteiger partial charge in [0.1, 0.15) is 11.9 Å². The zero-order valence-corrected chi connectivity index (χ0v) is 25.3. The van der Waals surface area contributed by atoms with Gasteiger partial charge in [0.05, 0.1) is 12.5 Å². The minimum atomic E-state index is -1.39. The standard InChI is InChI=1S/C33H42FN3O6/c1-20(2)26-14-9-22(4)18-28(26)43-33(42)37-16-6-15-36(32(41)23-10-12-25(34)13-11-23)31(37)30(40)35-27(19-29(38)39)24-8-5-7-21(3)17-24/h5,7-8,10-13,17,20,22,26-28,31H,6,9,14-16,18-19H2,1-4H3,(H,35,40)(H,38,39). The summed E-state index contributed by atoms with van der Waals surface area (Å²) in [7, 11) is 0. The molecule has 4 rings (SSSR count). The Kier molecular flexibility index (Phi) is 10.4. The monoisotopic (exact) mass is 595 g/mol. The predicted molar refractivity (Wildman–Crippen MR) is 158 cm³/mol. The van der Waals surface area contributed by atoms with Crippen LogP contribution in [0.5, 0.6) is 0 Å². The molecule has 10 heteroatoms. The molecular formula is C33H42FN3O6. The number of carboxylic acids is 1. The van der Waals surface area contributed by atoms with Gasteiger partial charge < -0.3 is 20.1 Å². The quantitative estimate of drug-likeness (QED) is 0.414. The molecule has 5 atom stereocenters. The average molecular weight is 596 g/mol. The van der Waals surface area contributed by atoms with Crippen molar-refractivity contribution in [2.75, 3.05) is 13.1 Å². The summed E-state index contributed by atoms with van der Waals surface area (Å²) >= 11 is 0. The Balaban J connectivity index is 1.66. The first kappa shape index (κ1) is 32.0. The number of aliphatic carboxylic acids is 1. The van der Waals surface area contributed by atoms with Crippen molar-refractivity contribution < 1.29 is 33.4 Å². The van der Waals surface area contributed by atoms with Crippen LogP contribution in [0.1, 0.15) is 80.4 Å². The fraction of sp³-hybridized carbons (Fsp3) is 0.515. The summed E-state index contributed by atoms with van der Waals surface area (Å²) < 4.78 is 19.7. The molecule has 0 bridgehead atoms.